The largest absolute Gasteiger partial charge is 0.464 e. The molecule has 2 N–H and O–H groups in total. The Morgan fingerprint density at radius 3 is 2.70 bits per heavy atom. The highest BCUT2D eigenvalue weighted by atomic mass is 19.4. The van der Waals surface area contributed by atoms with Gasteiger partial charge in [-0.25, -0.2) is 14.5 Å². The standard InChI is InChI=1S/C11H9F3N4O2/c1-20-10(19)7-3-2-4-8(17-7)18-9(11(12,13)14)6(15)5-16-18/h2-5H,15H2,1H3. The number of nitrogen functional groups attached to an aromatic ring is 1. The molecule has 0 aliphatic heterocycles. The average Bonchev–Trinajstić information content (AvgIpc) is 2.80. The summed E-state index contributed by atoms with van der Waals surface area (Å²) in [7, 11) is 1.14. The van der Waals surface area contributed by atoms with Gasteiger partial charge in [-0.2, -0.15) is 18.3 Å². The Bertz CT molecular complexity index is 651. The molecule has 0 spiro atoms. The Hall–Kier alpha value is -2.58. The lowest BCUT2D eigenvalue weighted by molar-refractivity contribution is -0.142. The normalized spacial score (nSPS) is 11.4. The number of carbonyl (C=O) groups excluding carboxylic acids is 1. The molecule has 2 aromatic heterocycles. The molecule has 0 aliphatic carbocycles. The van der Waals surface area contributed by atoms with E-state index in [2.05, 4.69) is 14.8 Å². The van der Waals surface area contributed by atoms with Gasteiger partial charge in [-0.15, -0.1) is 0 Å². The summed E-state index contributed by atoms with van der Waals surface area (Å²) >= 11 is 0. The van der Waals surface area contributed by atoms with Crippen molar-refractivity contribution in [2.45, 2.75) is 6.18 Å². The molecule has 20 heavy (non-hydrogen) atoms. The van der Waals surface area contributed by atoms with Gasteiger partial charge in [-0.3, -0.25) is 0 Å². The number of ether oxygens (including phenoxy) is 1. The first-order chi connectivity index (χ1) is 9.34. The molecule has 0 radical (unpaired) electrons. The number of pyridine rings is 1. The fourth-order valence-electron chi connectivity index (χ4n) is 1.58. The van der Waals surface area contributed by atoms with Gasteiger partial charge < -0.3 is 10.5 Å². The lowest BCUT2D eigenvalue weighted by atomic mass is 10.3. The quantitative estimate of drug-likeness (QED) is 0.849. The number of aromatic nitrogens is 3. The molecule has 0 fully saturated rings. The smallest absolute Gasteiger partial charge is 0.435 e. The third kappa shape index (κ3) is 2.42. The highest BCUT2D eigenvalue weighted by molar-refractivity contribution is 5.87. The maximum absolute atomic E-state index is 12.9. The Balaban J connectivity index is 2.56. The van der Waals surface area contributed by atoms with Crippen molar-refractivity contribution < 1.29 is 22.7 Å². The van der Waals surface area contributed by atoms with Crippen LogP contribution in [0.3, 0.4) is 0 Å². The van der Waals surface area contributed by atoms with Gasteiger partial charge in [0.25, 0.3) is 0 Å². The van der Waals surface area contributed by atoms with Crippen molar-refractivity contribution in [1.29, 1.82) is 0 Å². The molecule has 0 unspecified atom stereocenters. The third-order valence-electron chi connectivity index (χ3n) is 2.41. The highest BCUT2D eigenvalue weighted by Gasteiger charge is 2.38. The van der Waals surface area contributed by atoms with Crippen molar-refractivity contribution in [2.24, 2.45) is 0 Å². The molecule has 0 aromatic carbocycles. The molecule has 9 heteroatoms. The molecule has 2 aromatic rings. The van der Waals surface area contributed by atoms with Crippen LogP contribution in [-0.2, 0) is 10.9 Å². The molecule has 2 rings (SSSR count). The molecule has 0 saturated heterocycles. The number of nitrogens with zero attached hydrogens (tertiary/aromatic N) is 3. The molecule has 6 nitrogen and oxygen atoms in total. The van der Waals surface area contributed by atoms with E-state index in [1.54, 1.807) is 0 Å². The Labute approximate surface area is 111 Å². The topological polar surface area (TPSA) is 83.0 Å². The van der Waals surface area contributed by atoms with Crippen LogP contribution >= 0.6 is 0 Å². The number of methoxy groups -OCH3 is 1. The van der Waals surface area contributed by atoms with E-state index in [0.29, 0.717) is 4.68 Å². The molecule has 0 amide bonds. The summed E-state index contributed by atoms with van der Waals surface area (Å²) < 4.78 is 43.7. The van der Waals surface area contributed by atoms with Crippen LogP contribution in [0.2, 0.25) is 0 Å². The van der Waals surface area contributed by atoms with Gasteiger partial charge >= 0.3 is 12.1 Å². The lowest BCUT2D eigenvalue weighted by Gasteiger charge is -2.11. The summed E-state index contributed by atoms with van der Waals surface area (Å²) in [5, 5.41) is 3.54. The predicted octanol–water partition coefficient (Wildman–Crippen LogP) is 1.65. The number of hydrogen-bond acceptors (Lipinski definition) is 5. The van der Waals surface area contributed by atoms with E-state index in [1.165, 1.54) is 18.2 Å². The summed E-state index contributed by atoms with van der Waals surface area (Å²) in [6.45, 7) is 0. The number of rotatable bonds is 2. The first-order valence-corrected chi connectivity index (χ1v) is 5.31. The minimum absolute atomic E-state index is 0.132. The average molecular weight is 286 g/mol. The van der Waals surface area contributed by atoms with E-state index < -0.39 is 23.5 Å². The van der Waals surface area contributed by atoms with Crippen molar-refractivity contribution in [3.8, 4) is 5.82 Å². The number of esters is 1. The van der Waals surface area contributed by atoms with Gasteiger partial charge in [0, 0.05) is 0 Å². The van der Waals surface area contributed by atoms with Gasteiger partial charge in [-0.05, 0) is 12.1 Å². The highest BCUT2D eigenvalue weighted by Crippen LogP contribution is 2.34. The van der Waals surface area contributed by atoms with Crippen molar-refractivity contribution in [1.82, 2.24) is 14.8 Å². The SMILES string of the molecule is COC(=O)c1cccc(-n2ncc(N)c2C(F)(F)F)n1. The van der Waals surface area contributed by atoms with Crippen molar-refractivity contribution in [3.05, 3.63) is 35.8 Å². The number of nitrogens with two attached hydrogens (primary N) is 1. The van der Waals surface area contributed by atoms with Crippen LogP contribution in [-0.4, -0.2) is 27.8 Å². The first kappa shape index (κ1) is 13.8. The van der Waals surface area contributed by atoms with Crippen LogP contribution in [0.1, 0.15) is 16.2 Å². The van der Waals surface area contributed by atoms with Gasteiger partial charge in [-0.1, -0.05) is 6.07 Å². The Kier molecular flexibility index (Phi) is 3.35. The van der Waals surface area contributed by atoms with E-state index in [9.17, 15) is 18.0 Å². The monoisotopic (exact) mass is 286 g/mol. The third-order valence-corrected chi connectivity index (χ3v) is 2.41. The van der Waals surface area contributed by atoms with Gasteiger partial charge in [0.2, 0.25) is 0 Å². The van der Waals surface area contributed by atoms with Gasteiger partial charge in [0.15, 0.2) is 17.2 Å². The van der Waals surface area contributed by atoms with Crippen LogP contribution in [0.5, 0.6) is 0 Å². The van der Waals surface area contributed by atoms with Crippen LogP contribution in [0.15, 0.2) is 24.4 Å². The molecule has 0 atom stereocenters. The summed E-state index contributed by atoms with van der Waals surface area (Å²) in [6.07, 6.45) is -3.82. The molecule has 106 valence electrons. The lowest BCUT2D eigenvalue weighted by Crippen LogP contribution is -2.17. The van der Waals surface area contributed by atoms with E-state index in [-0.39, 0.29) is 11.5 Å². The van der Waals surface area contributed by atoms with Crippen molar-refractivity contribution >= 4 is 11.7 Å². The molecule has 0 bridgehead atoms. The summed E-state index contributed by atoms with van der Waals surface area (Å²) in [4.78, 5) is 15.1. The number of halogens is 3. The fourth-order valence-corrected chi connectivity index (χ4v) is 1.58. The van der Waals surface area contributed by atoms with Crippen LogP contribution < -0.4 is 5.73 Å². The van der Waals surface area contributed by atoms with Crippen molar-refractivity contribution in [3.63, 3.8) is 0 Å². The number of alkyl halides is 3. The Morgan fingerprint density at radius 1 is 1.40 bits per heavy atom. The minimum Gasteiger partial charge on any atom is -0.464 e. The van der Waals surface area contributed by atoms with Gasteiger partial charge in [0.1, 0.15) is 0 Å². The van der Waals surface area contributed by atoms with E-state index in [1.807, 2.05) is 0 Å². The number of hydrogen-bond donors (Lipinski definition) is 1. The second-order valence-electron chi connectivity index (χ2n) is 3.73. The zero-order chi connectivity index (χ0) is 14.9. The van der Waals surface area contributed by atoms with Crippen LogP contribution in [0.25, 0.3) is 5.82 Å². The summed E-state index contributed by atoms with van der Waals surface area (Å²) in [5.74, 6) is -0.947. The maximum atomic E-state index is 12.9. The molecule has 2 heterocycles. The maximum Gasteiger partial charge on any atom is 0.435 e. The first-order valence-electron chi connectivity index (χ1n) is 5.31. The van der Waals surface area contributed by atoms with Crippen LogP contribution in [0, 0.1) is 0 Å². The molecular formula is C11H9F3N4O2. The second kappa shape index (κ2) is 4.83. The van der Waals surface area contributed by atoms with Crippen molar-refractivity contribution in [2.75, 3.05) is 12.8 Å². The summed E-state index contributed by atoms with van der Waals surface area (Å²) in [5.41, 5.74) is 3.46. The fraction of sp³-hybridized carbons (Fsp3) is 0.182. The zero-order valence-electron chi connectivity index (χ0n) is 10.2. The van der Waals surface area contributed by atoms with Gasteiger partial charge in [0.05, 0.1) is 19.0 Å². The predicted molar refractivity (Wildman–Crippen MR) is 62.1 cm³/mol. The van der Waals surface area contributed by atoms with E-state index in [0.717, 1.165) is 13.3 Å². The number of carbonyl (C=O) groups is 1. The van der Waals surface area contributed by atoms with E-state index in [4.69, 9.17) is 5.73 Å². The zero-order valence-corrected chi connectivity index (χ0v) is 10.2. The molecule has 0 saturated carbocycles. The minimum atomic E-state index is -4.69. The molecule has 0 aliphatic rings. The summed E-state index contributed by atoms with van der Waals surface area (Å²) in [6, 6.07) is 3.95. The van der Waals surface area contributed by atoms with E-state index >= 15 is 0 Å². The Morgan fingerprint density at radius 2 is 2.10 bits per heavy atom. The number of anilines is 1. The molecular weight excluding hydrogens is 277 g/mol. The second-order valence-corrected chi connectivity index (χ2v) is 3.73. The van der Waals surface area contributed by atoms with Crippen LogP contribution in [0.4, 0.5) is 18.9 Å².